The lowest BCUT2D eigenvalue weighted by atomic mass is 10.1. The second-order valence-corrected chi connectivity index (χ2v) is 2.47. The quantitative estimate of drug-likeness (QED) is 0.464. The summed E-state index contributed by atoms with van der Waals surface area (Å²) in [4.78, 5) is 0. The highest BCUT2D eigenvalue weighted by molar-refractivity contribution is 5.67. The minimum absolute atomic E-state index is 0.542. The van der Waals surface area contributed by atoms with Gasteiger partial charge in [0.25, 0.3) is 0 Å². The maximum absolute atomic E-state index is 5.72. The normalized spacial score (nSPS) is 11.1. The minimum Gasteiger partial charge on any atom is -0.496 e. The van der Waals surface area contributed by atoms with Gasteiger partial charge >= 0.3 is 0 Å². The van der Waals surface area contributed by atoms with Crippen molar-refractivity contribution in [3.05, 3.63) is 36.0 Å². The molecule has 1 rings (SSSR count). The zero-order valence-corrected chi connectivity index (χ0v) is 7.45. The lowest BCUT2D eigenvalue weighted by molar-refractivity contribution is 0.413. The van der Waals surface area contributed by atoms with E-state index < -0.39 is 0 Å². The molecule has 0 saturated heterocycles. The molecule has 0 aliphatic heterocycles. The highest BCUT2D eigenvalue weighted by Crippen LogP contribution is 2.21. The van der Waals surface area contributed by atoms with Crippen LogP contribution in [-0.4, -0.2) is 7.11 Å². The molecule has 4 nitrogen and oxygen atoms in total. The SMILES string of the molecule is COc1ccccc1/C(N)=C/NN. The summed E-state index contributed by atoms with van der Waals surface area (Å²) in [6.45, 7) is 0. The third-order valence-corrected chi connectivity index (χ3v) is 1.66. The Kier molecular flexibility index (Phi) is 3.16. The minimum atomic E-state index is 0.542. The van der Waals surface area contributed by atoms with E-state index in [0.29, 0.717) is 5.70 Å². The number of nitrogens with one attached hydrogen (secondary N) is 1. The maximum atomic E-state index is 5.72. The molecule has 0 heterocycles. The molecule has 0 radical (unpaired) electrons. The molecule has 0 aliphatic carbocycles. The van der Waals surface area contributed by atoms with Gasteiger partial charge < -0.3 is 15.9 Å². The molecule has 0 aliphatic rings. The van der Waals surface area contributed by atoms with E-state index in [1.54, 1.807) is 7.11 Å². The van der Waals surface area contributed by atoms with Crippen LogP contribution < -0.4 is 21.7 Å². The number of hydrogen-bond acceptors (Lipinski definition) is 4. The van der Waals surface area contributed by atoms with E-state index >= 15 is 0 Å². The highest BCUT2D eigenvalue weighted by atomic mass is 16.5. The van der Waals surface area contributed by atoms with Crippen molar-refractivity contribution in [2.24, 2.45) is 11.6 Å². The van der Waals surface area contributed by atoms with Crippen molar-refractivity contribution in [2.45, 2.75) is 0 Å². The van der Waals surface area contributed by atoms with Gasteiger partial charge in [-0.05, 0) is 12.1 Å². The van der Waals surface area contributed by atoms with Gasteiger partial charge in [0.2, 0.25) is 0 Å². The predicted octanol–water partition coefficient (Wildman–Crippen LogP) is 0.416. The summed E-state index contributed by atoms with van der Waals surface area (Å²) < 4.78 is 5.12. The average Bonchev–Trinajstić information content (AvgIpc) is 2.18. The van der Waals surface area contributed by atoms with E-state index in [4.69, 9.17) is 16.3 Å². The maximum Gasteiger partial charge on any atom is 0.128 e. The number of rotatable bonds is 3. The fraction of sp³-hybridized carbons (Fsp3) is 0.111. The lowest BCUT2D eigenvalue weighted by Crippen LogP contribution is -2.16. The summed E-state index contributed by atoms with van der Waals surface area (Å²) in [6.07, 6.45) is 1.51. The van der Waals surface area contributed by atoms with Crippen LogP contribution in [0, 0.1) is 0 Å². The standard InChI is InChI=1S/C9H13N3O/c1-13-9-5-3-2-4-7(9)8(10)6-12-11/h2-6,12H,10-11H2,1H3/b8-6-. The molecule has 0 amide bonds. The summed E-state index contributed by atoms with van der Waals surface area (Å²) >= 11 is 0. The second kappa shape index (κ2) is 4.37. The lowest BCUT2D eigenvalue weighted by Gasteiger charge is -2.07. The average molecular weight is 179 g/mol. The van der Waals surface area contributed by atoms with Crippen molar-refractivity contribution < 1.29 is 4.74 Å². The van der Waals surface area contributed by atoms with Crippen LogP contribution in [0.15, 0.2) is 30.5 Å². The molecular formula is C9H13N3O. The zero-order chi connectivity index (χ0) is 9.68. The van der Waals surface area contributed by atoms with Crippen LogP contribution in [0.2, 0.25) is 0 Å². The van der Waals surface area contributed by atoms with Crippen molar-refractivity contribution in [3.63, 3.8) is 0 Å². The molecule has 0 bridgehead atoms. The van der Waals surface area contributed by atoms with Gasteiger partial charge in [-0.25, -0.2) is 0 Å². The molecule has 0 atom stereocenters. The van der Waals surface area contributed by atoms with Crippen LogP contribution in [0.5, 0.6) is 5.75 Å². The zero-order valence-electron chi connectivity index (χ0n) is 7.45. The topological polar surface area (TPSA) is 73.3 Å². The summed E-state index contributed by atoms with van der Waals surface area (Å²) in [5.74, 6) is 5.84. The number of hydrazine groups is 1. The number of hydrogen-bond donors (Lipinski definition) is 3. The van der Waals surface area contributed by atoms with Crippen LogP contribution in [0.3, 0.4) is 0 Å². The molecule has 1 aromatic rings. The molecule has 70 valence electrons. The van der Waals surface area contributed by atoms with Gasteiger partial charge in [0, 0.05) is 11.8 Å². The van der Waals surface area contributed by atoms with Crippen LogP contribution >= 0.6 is 0 Å². The number of benzene rings is 1. The molecule has 1 aromatic carbocycles. The predicted molar refractivity (Wildman–Crippen MR) is 52.5 cm³/mol. The summed E-state index contributed by atoms with van der Waals surface area (Å²) in [5.41, 5.74) is 9.46. The fourth-order valence-corrected chi connectivity index (χ4v) is 1.05. The molecular weight excluding hydrogens is 166 g/mol. The Bertz CT molecular complexity index is 309. The summed E-state index contributed by atoms with van der Waals surface area (Å²) in [6, 6.07) is 7.47. The molecule has 0 spiro atoms. The van der Waals surface area contributed by atoms with E-state index in [2.05, 4.69) is 5.43 Å². The molecule has 13 heavy (non-hydrogen) atoms. The Morgan fingerprint density at radius 1 is 1.46 bits per heavy atom. The van der Waals surface area contributed by atoms with Crippen LogP contribution in [0.1, 0.15) is 5.56 Å². The second-order valence-electron chi connectivity index (χ2n) is 2.47. The van der Waals surface area contributed by atoms with Gasteiger partial charge in [-0.1, -0.05) is 12.1 Å². The third kappa shape index (κ3) is 2.13. The third-order valence-electron chi connectivity index (χ3n) is 1.66. The highest BCUT2D eigenvalue weighted by Gasteiger charge is 2.02. The first-order valence-electron chi connectivity index (χ1n) is 3.84. The Hall–Kier alpha value is -1.68. The largest absolute Gasteiger partial charge is 0.496 e. The molecule has 5 N–H and O–H groups in total. The number of methoxy groups -OCH3 is 1. The molecule has 0 aromatic heterocycles. The number of ether oxygens (including phenoxy) is 1. The summed E-state index contributed by atoms with van der Waals surface area (Å²) in [7, 11) is 1.60. The first-order valence-corrected chi connectivity index (χ1v) is 3.84. The monoisotopic (exact) mass is 179 g/mol. The van der Waals surface area contributed by atoms with Gasteiger partial charge in [0.1, 0.15) is 5.75 Å². The first kappa shape index (κ1) is 9.41. The van der Waals surface area contributed by atoms with E-state index in [0.717, 1.165) is 11.3 Å². The van der Waals surface area contributed by atoms with Gasteiger partial charge in [0.15, 0.2) is 0 Å². The van der Waals surface area contributed by atoms with Crippen molar-refractivity contribution >= 4 is 5.70 Å². The van der Waals surface area contributed by atoms with Gasteiger partial charge in [-0.15, -0.1) is 0 Å². The van der Waals surface area contributed by atoms with E-state index in [1.165, 1.54) is 6.20 Å². The van der Waals surface area contributed by atoms with E-state index in [1.807, 2.05) is 24.3 Å². The van der Waals surface area contributed by atoms with Crippen molar-refractivity contribution in [1.29, 1.82) is 0 Å². The Labute approximate surface area is 77.1 Å². The van der Waals surface area contributed by atoms with Crippen molar-refractivity contribution in [2.75, 3.05) is 7.11 Å². The molecule has 4 heteroatoms. The van der Waals surface area contributed by atoms with Crippen LogP contribution in [0.25, 0.3) is 5.70 Å². The van der Waals surface area contributed by atoms with Crippen molar-refractivity contribution in [3.8, 4) is 5.75 Å². The number of nitrogens with two attached hydrogens (primary N) is 2. The van der Waals surface area contributed by atoms with Crippen LogP contribution in [0.4, 0.5) is 0 Å². The molecule has 0 fully saturated rings. The van der Waals surface area contributed by atoms with E-state index in [-0.39, 0.29) is 0 Å². The Balaban J connectivity index is 3.05. The molecule has 0 unspecified atom stereocenters. The summed E-state index contributed by atoms with van der Waals surface area (Å²) in [5, 5.41) is 0. The van der Waals surface area contributed by atoms with Gasteiger partial charge in [0.05, 0.1) is 12.8 Å². The Morgan fingerprint density at radius 3 is 2.77 bits per heavy atom. The first-order chi connectivity index (χ1) is 6.29. The molecule has 0 saturated carbocycles. The van der Waals surface area contributed by atoms with Gasteiger partial charge in [-0.2, -0.15) is 0 Å². The van der Waals surface area contributed by atoms with Crippen molar-refractivity contribution in [1.82, 2.24) is 5.43 Å². The number of para-hydroxylation sites is 1. The van der Waals surface area contributed by atoms with E-state index in [9.17, 15) is 0 Å². The fourth-order valence-electron chi connectivity index (χ4n) is 1.05. The smallest absolute Gasteiger partial charge is 0.128 e. The Morgan fingerprint density at radius 2 is 2.15 bits per heavy atom. The van der Waals surface area contributed by atoms with Crippen LogP contribution in [-0.2, 0) is 0 Å². The van der Waals surface area contributed by atoms with Gasteiger partial charge in [-0.3, -0.25) is 5.84 Å².